The first-order valence-electron chi connectivity index (χ1n) is 5.01. The summed E-state index contributed by atoms with van der Waals surface area (Å²) in [5.74, 6) is 0.526. The average molecular weight is 193 g/mol. The Morgan fingerprint density at radius 2 is 2.50 bits per heavy atom. The van der Waals surface area contributed by atoms with E-state index in [2.05, 4.69) is 10.4 Å². The number of rotatable bonds is 4. The number of carbonyl (C=O) groups is 1. The van der Waals surface area contributed by atoms with Crippen molar-refractivity contribution in [3.8, 4) is 0 Å². The molecular weight excluding hydrogens is 178 g/mol. The zero-order valence-electron chi connectivity index (χ0n) is 8.36. The normalized spacial score (nSPS) is 15.5. The summed E-state index contributed by atoms with van der Waals surface area (Å²) in [5, 5.41) is 6.99. The van der Waals surface area contributed by atoms with Gasteiger partial charge in [0.25, 0.3) is 0 Å². The predicted octanol–water partition coefficient (Wildman–Crippen LogP) is 0.489. The molecule has 1 aromatic heterocycles. The molecule has 0 saturated heterocycles. The number of hydrogen-bond donors (Lipinski definition) is 1. The summed E-state index contributed by atoms with van der Waals surface area (Å²) < 4.78 is 1.78. The van der Waals surface area contributed by atoms with Crippen molar-refractivity contribution in [2.45, 2.75) is 19.3 Å². The lowest BCUT2D eigenvalue weighted by atomic mass is 10.2. The second-order valence-electron chi connectivity index (χ2n) is 3.84. The second-order valence-corrected chi connectivity index (χ2v) is 3.84. The van der Waals surface area contributed by atoms with Crippen LogP contribution < -0.4 is 5.32 Å². The highest BCUT2D eigenvalue weighted by atomic mass is 16.2. The molecule has 0 aliphatic heterocycles. The maximum atomic E-state index is 11.3. The average Bonchev–Trinajstić information content (AvgIpc) is 2.92. The van der Waals surface area contributed by atoms with E-state index in [1.54, 1.807) is 4.68 Å². The number of nitrogens with zero attached hydrogens (tertiary/aromatic N) is 2. The van der Waals surface area contributed by atoms with Gasteiger partial charge in [0.1, 0.15) is 0 Å². The van der Waals surface area contributed by atoms with Crippen LogP contribution in [0.2, 0.25) is 0 Å². The Kier molecular flexibility index (Phi) is 2.52. The number of aromatic nitrogens is 2. The maximum absolute atomic E-state index is 11.3. The monoisotopic (exact) mass is 193 g/mol. The van der Waals surface area contributed by atoms with Gasteiger partial charge in [-0.3, -0.25) is 9.48 Å². The largest absolute Gasteiger partial charge is 0.356 e. The first-order valence-corrected chi connectivity index (χ1v) is 5.01. The van der Waals surface area contributed by atoms with E-state index < -0.39 is 0 Å². The van der Waals surface area contributed by atoms with Gasteiger partial charge in [0.2, 0.25) is 5.91 Å². The van der Waals surface area contributed by atoms with Crippen LogP contribution in [0.5, 0.6) is 0 Å². The van der Waals surface area contributed by atoms with Gasteiger partial charge in [0.05, 0.1) is 6.20 Å². The number of nitrogens with one attached hydrogen (secondary N) is 1. The molecule has 1 amide bonds. The van der Waals surface area contributed by atoms with Crippen LogP contribution in [0.15, 0.2) is 12.4 Å². The molecule has 2 rings (SSSR count). The molecule has 1 N–H and O–H groups in total. The van der Waals surface area contributed by atoms with Gasteiger partial charge in [0, 0.05) is 25.7 Å². The molecule has 0 unspecified atom stereocenters. The van der Waals surface area contributed by atoms with Crippen molar-refractivity contribution in [2.24, 2.45) is 13.0 Å². The number of amides is 1. The van der Waals surface area contributed by atoms with Gasteiger partial charge in [0.15, 0.2) is 0 Å². The van der Waals surface area contributed by atoms with E-state index in [-0.39, 0.29) is 5.91 Å². The third kappa shape index (κ3) is 2.34. The highest BCUT2D eigenvalue weighted by Crippen LogP contribution is 2.28. The Morgan fingerprint density at radius 1 is 1.71 bits per heavy atom. The highest BCUT2D eigenvalue weighted by molar-refractivity contribution is 5.80. The molecular formula is C10H15N3O. The van der Waals surface area contributed by atoms with Crippen LogP contribution in [0.4, 0.5) is 0 Å². The van der Waals surface area contributed by atoms with Crippen LogP contribution >= 0.6 is 0 Å². The van der Waals surface area contributed by atoms with Gasteiger partial charge < -0.3 is 5.32 Å². The maximum Gasteiger partial charge on any atom is 0.223 e. The molecule has 1 heterocycles. The molecule has 1 aliphatic carbocycles. The lowest BCUT2D eigenvalue weighted by molar-refractivity contribution is -0.122. The molecule has 4 nitrogen and oxygen atoms in total. The molecule has 0 spiro atoms. The highest BCUT2D eigenvalue weighted by Gasteiger charge is 2.28. The Balaban J connectivity index is 1.69. The fourth-order valence-electron chi connectivity index (χ4n) is 1.42. The summed E-state index contributed by atoms with van der Waals surface area (Å²) in [5.41, 5.74) is 1.17. The van der Waals surface area contributed by atoms with Crippen LogP contribution in [-0.4, -0.2) is 22.2 Å². The van der Waals surface area contributed by atoms with E-state index in [4.69, 9.17) is 0 Å². The molecule has 0 bridgehead atoms. The minimum absolute atomic E-state index is 0.217. The van der Waals surface area contributed by atoms with Crippen LogP contribution in [0.3, 0.4) is 0 Å². The number of carbonyl (C=O) groups excluding carboxylic acids is 1. The predicted molar refractivity (Wildman–Crippen MR) is 52.6 cm³/mol. The molecule has 0 radical (unpaired) electrons. The third-order valence-electron chi connectivity index (χ3n) is 2.42. The summed E-state index contributed by atoms with van der Waals surface area (Å²) in [6.45, 7) is 0.723. The summed E-state index contributed by atoms with van der Waals surface area (Å²) in [6.07, 6.45) is 6.82. The van der Waals surface area contributed by atoms with Crippen molar-refractivity contribution in [3.05, 3.63) is 18.0 Å². The van der Waals surface area contributed by atoms with E-state index in [1.165, 1.54) is 5.56 Å². The molecule has 14 heavy (non-hydrogen) atoms. The standard InChI is InChI=1S/C10H15N3O/c1-13-7-8(6-12-13)4-5-11-10(14)9-2-3-9/h6-7,9H,2-5H2,1H3,(H,11,14). The molecule has 4 heteroatoms. The lowest BCUT2D eigenvalue weighted by Gasteiger charge is -2.01. The van der Waals surface area contributed by atoms with Gasteiger partial charge in [-0.1, -0.05) is 0 Å². The smallest absolute Gasteiger partial charge is 0.223 e. The first-order chi connectivity index (χ1) is 6.75. The van der Waals surface area contributed by atoms with Crippen LogP contribution in [0.25, 0.3) is 0 Å². The Bertz CT molecular complexity index is 328. The Hall–Kier alpha value is -1.32. The molecule has 1 aliphatic rings. The van der Waals surface area contributed by atoms with E-state index in [0.717, 1.165) is 25.8 Å². The SMILES string of the molecule is Cn1cc(CCNC(=O)C2CC2)cn1. The quantitative estimate of drug-likeness (QED) is 0.756. The fraction of sp³-hybridized carbons (Fsp3) is 0.600. The van der Waals surface area contributed by atoms with Crippen molar-refractivity contribution in [1.82, 2.24) is 15.1 Å². The zero-order chi connectivity index (χ0) is 9.97. The molecule has 1 aromatic rings. The van der Waals surface area contributed by atoms with Gasteiger partial charge >= 0.3 is 0 Å². The van der Waals surface area contributed by atoms with Gasteiger partial charge in [-0.2, -0.15) is 5.10 Å². The van der Waals surface area contributed by atoms with Crippen LogP contribution in [0, 0.1) is 5.92 Å². The topological polar surface area (TPSA) is 46.9 Å². The van der Waals surface area contributed by atoms with Crippen molar-refractivity contribution in [3.63, 3.8) is 0 Å². The molecule has 0 atom stereocenters. The number of aryl methyl sites for hydroxylation is 1. The van der Waals surface area contributed by atoms with E-state index in [1.807, 2.05) is 19.4 Å². The summed E-state index contributed by atoms with van der Waals surface area (Å²) in [7, 11) is 1.90. The van der Waals surface area contributed by atoms with Crippen molar-refractivity contribution >= 4 is 5.91 Å². The second kappa shape index (κ2) is 3.82. The molecule has 76 valence electrons. The first kappa shape index (κ1) is 9.24. The summed E-state index contributed by atoms with van der Waals surface area (Å²) in [4.78, 5) is 11.3. The molecule has 1 saturated carbocycles. The summed E-state index contributed by atoms with van der Waals surface area (Å²) in [6, 6.07) is 0. The van der Waals surface area contributed by atoms with E-state index in [9.17, 15) is 4.79 Å². The number of hydrogen-bond acceptors (Lipinski definition) is 2. The lowest BCUT2D eigenvalue weighted by Crippen LogP contribution is -2.26. The fourth-order valence-corrected chi connectivity index (χ4v) is 1.42. The van der Waals surface area contributed by atoms with E-state index >= 15 is 0 Å². The zero-order valence-corrected chi connectivity index (χ0v) is 8.36. The van der Waals surface area contributed by atoms with Crippen molar-refractivity contribution < 1.29 is 4.79 Å². The van der Waals surface area contributed by atoms with Crippen LogP contribution in [0.1, 0.15) is 18.4 Å². The molecule has 1 fully saturated rings. The van der Waals surface area contributed by atoms with Gasteiger partial charge in [-0.15, -0.1) is 0 Å². The van der Waals surface area contributed by atoms with Gasteiger partial charge in [-0.05, 0) is 24.8 Å². The van der Waals surface area contributed by atoms with Crippen molar-refractivity contribution in [2.75, 3.05) is 6.54 Å². The third-order valence-corrected chi connectivity index (χ3v) is 2.42. The minimum Gasteiger partial charge on any atom is -0.356 e. The molecule has 0 aromatic carbocycles. The Labute approximate surface area is 83.3 Å². The van der Waals surface area contributed by atoms with E-state index in [0.29, 0.717) is 5.92 Å². The van der Waals surface area contributed by atoms with Crippen LogP contribution in [-0.2, 0) is 18.3 Å². The minimum atomic E-state index is 0.217. The van der Waals surface area contributed by atoms with Crippen molar-refractivity contribution in [1.29, 1.82) is 0 Å². The summed E-state index contributed by atoms with van der Waals surface area (Å²) >= 11 is 0. The Morgan fingerprint density at radius 3 is 3.07 bits per heavy atom. The van der Waals surface area contributed by atoms with Gasteiger partial charge in [-0.25, -0.2) is 0 Å².